The minimum Gasteiger partial charge on any atom is -0.482 e. The van der Waals surface area contributed by atoms with Gasteiger partial charge in [0.1, 0.15) is 23.7 Å². The van der Waals surface area contributed by atoms with Crippen LogP contribution in [0.15, 0.2) is 30.6 Å². The van der Waals surface area contributed by atoms with E-state index < -0.39 is 0 Å². The highest BCUT2D eigenvalue weighted by atomic mass is 35.5. The van der Waals surface area contributed by atoms with E-state index in [9.17, 15) is 4.79 Å². The van der Waals surface area contributed by atoms with Crippen LogP contribution in [-0.2, 0) is 9.53 Å². The summed E-state index contributed by atoms with van der Waals surface area (Å²) >= 11 is 11.8. The van der Waals surface area contributed by atoms with Crippen LogP contribution in [0.5, 0.6) is 5.75 Å². The Morgan fingerprint density at radius 3 is 2.80 bits per heavy atom. The SMILES string of the molecule is O=C(COc1ccc(Cl)cc1Cl)Nc1cc(N2CCOCC2)ncn1. The topological polar surface area (TPSA) is 76.6 Å². The lowest BCUT2D eigenvalue weighted by molar-refractivity contribution is -0.118. The van der Waals surface area contributed by atoms with Gasteiger partial charge in [-0.1, -0.05) is 23.2 Å². The molecule has 0 spiro atoms. The van der Waals surface area contributed by atoms with E-state index in [1.807, 2.05) is 0 Å². The summed E-state index contributed by atoms with van der Waals surface area (Å²) in [6, 6.07) is 6.52. The number of nitrogens with one attached hydrogen (secondary N) is 1. The second-order valence-corrected chi connectivity index (χ2v) is 6.12. The number of carbonyl (C=O) groups is 1. The number of rotatable bonds is 5. The molecule has 1 aliphatic rings. The van der Waals surface area contributed by atoms with Crippen molar-refractivity contribution in [2.75, 3.05) is 43.1 Å². The third-order valence-electron chi connectivity index (χ3n) is 3.51. The summed E-state index contributed by atoms with van der Waals surface area (Å²) in [5.41, 5.74) is 0. The van der Waals surface area contributed by atoms with Gasteiger partial charge in [-0.3, -0.25) is 4.79 Å². The lowest BCUT2D eigenvalue weighted by Gasteiger charge is -2.27. The number of ether oxygens (including phenoxy) is 2. The molecule has 25 heavy (non-hydrogen) atoms. The Bertz CT molecular complexity index is 754. The smallest absolute Gasteiger partial charge is 0.263 e. The molecule has 1 N–H and O–H groups in total. The third kappa shape index (κ3) is 4.94. The molecule has 3 rings (SSSR count). The van der Waals surface area contributed by atoms with E-state index in [1.165, 1.54) is 6.33 Å². The third-order valence-corrected chi connectivity index (χ3v) is 4.04. The van der Waals surface area contributed by atoms with Crippen LogP contribution in [0.2, 0.25) is 10.0 Å². The van der Waals surface area contributed by atoms with Crippen LogP contribution in [0.4, 0.5) is 11.6 Å². The summed E-state index contributed by atoms with van der Waals surface area (Å²) in [5.74, 6) is 1.19. The van der Waals surface area contributed by atoms with Gasteiger partial charge >= 0.3 is 0 Å². The number of hydrogen-bond acceptors (Lipinski definition) is 6. The molecule has 2 aromatic rings. The maximum absolute atomic E-state index is 12.1. The largest absolute Gasteiger partial charge is 0.482 e. The quantitative estimate of drug-likeness (QED) is 0.856. The first-order valence-electron chi connectivity index (χ1n) is 7.64. The van der Waals surface area contributed by atoms with Gasteiger partial charge in [-0.15, -0.1) is 0 Å². The van der Waals surface area contributed by atoms with Gasteiger partial charge in [0.2, 0.25) is 0 Å². The predicted octanol–water partition coefficient (Wildman–Crippen LogP) is 2.64. The molecule has 0 aliphatic carbocycles. The molecule has 0 atom stereocenters. The van der Waals surface area contributed by atoms with E-state index in [0.717, 1.165) is 18.9 Å². The molecule has 0 bridgehead atoms. The standard InChI is InChI=1S/C16H16Cl2N4O3/c17-11-1-2-13(12(18)7-11)25-9-16(23)21-14-8-15(20-10-19-14)22-3-5-24-6-4-22/h1-2,7-8,10H,3-6,9H2,(H,19,20,21,23). The van der Waals surface area contributed by atoms with Crippen molar-refractivity contribution in [3.05, 3.63) is 40.6 Å². The first kappa shape index (κ1) is 17.7. The number of benzene rings is 1. The fraction of sp³-hybridized carbons (Fsp3) is 0.312. The number of amides is 1. The minimum atomic E-state index is -0.349. The Morgan fingerprint density at radius 2 is 2.04 bits per heavy atom. The summed E-state index contributed by atoms with van der Waals surface area (Å²) in [6.07, 6.45) is 1.41. The summed E-state index contributed by atoms with van der Waals surface area (Å²) in [4.78, 5) is 22.4. The molecule has 1 fully saturated rings. The molecule has 0 unspecified atom stereocenters. The highest BCUT2D eigenvalue weighted by Gasteiger charge is 2.14. The zero-order valence-corrected chi connectivity index (χ0v) is 14.8. The van der Waals surface area contributed by atoms with E-state index in [0.29, 0.717) is 34.8 Å². The number of morpholine rings is 1. The van der Waals surface area contributed by atoms with E-state index in [-0.39, 0.29) is 12.5 Å². The molecule has 1 aromatic carbocycles. The molecule has 1 aliphatic heterocycles. The van der Waals surface area contributed by atoms with E-state index in [2.05, 4.69) is 20.2 Å². The Hall–Kier alpha value is -2.09. The first-order chi connectivity index (χ1) is 12.1. The number of halogens is 2. The maximum atomic E-state index is 12.1. The molecule has 0 radical (unpaired) electrons. The molecular formula is C16H16Cl2N4O3. The normalized spacial score (nSPS) is 14.2. The van der Waals surface area contributed by atoms with Crippen LogP contribution in [0.3, 0.4) is 0 Å². The average molecular weight is 383 g/mol. The second kappa shape index (κ2) is 8.33. The molecule has 1 amide bonds. The summed E-state index contributed by atoms with van der Waals surface area (Å²) < 4.78 is 10.7. The molecule has 1 saturated heterocycles. The highest BCUT2D eigenvalue weighted by Crippen LogP contribution is 2.27. The van der Waals surface area contributed by atoms with Gasteiger partial charge in [0, 0.05) is 24.2 Å². The van der Waals surface area contributed by atoms with Gasteiger partial charge in [0.15, 0.2) is 6.61 Å². The van der Waals surface area contributed by atoms with Gasteiger partial charge in [-0.25, -0.2) is 9.97 Å². The number of hydrogen-bond donors (Lipinski definition) is 1. The van der Waals surface area contributed by atoms with Gasteiger partial charge in [0.05, 0.1) is 18.2 Å². The van der Waals surface area contributed by atoms with Crippen molar-refractivity contribution in [3.8, 4) is 5.75 Å². The van der Waals surface area contributed by atoms with Crippen LogP contribution in [-0.4, -0.2) is 48.8 Å². The maximum Gasteiger partial charge on any atom is 0.263 e. The van der Waals surface area contributed by atoms with Crippen molar-refractivity contribution in [2.45, 2.75) is 0 Å². The fourth-order valence-corrected chi connectivity index (χ4v) is 2.76. The van der Waals surface area contributed by atoms with Crippen molar-refractivity contribution in [1.29, 1.82) is 0 Å². The fourth-order valence-electron chi connectivity index (χ4n) is 2.30. The lowest BCUT2D eigenvalue weighted by Crippen LogP contribution is -2.36. The van der Waals surface area contributed by atoms with Crippen molar-refractivity contribution in [3.63, 3.8) is 0 Å². The van der Waals surface area contributed by atoms with Crippen molar-refractivity contribution >= 4 is 40.7 Å². The Kier molecular flexibility index (Phi) is 5.91. The van der Waals surface area contributed by atoms with E-state index >= 15 is 0 Å². The molecule has 7 nitrogen and oxygen atoms in total. The van der Waals surface area contributed by atoms with Crippen molar-refractivity contribution in [1.82, 2.24) is 9.97 Å². The summed E-state index contributed by atoms with van der Waals surface area (Å²) in [5, 5.41) is 3.52. The summed E-state index contributed by atoms with van der Waals surface area (Å²) in [7, 11) is 0. The van der Waals surface area contributed by atoms with Crippen molar-refractivity contribution < 1.29 is 14.3 Å². The van der Waals surface area contributed by atoms with E-state index in [4.69, 9.17) is 32.7 Å². The Morgan fingerprint density at radius 1 is 1.24 bits per heavy atom. The number of aromatic nitrogens is 2. The van der Waals surface area contributed by atoms with Crippen LogP contribution < -0.4 is 15.0 Å². The van der Waals surface area contributed by atoms with Crippen LogP contribution >= 0.6 is 23.2 Å². The first-order valence-corrected chi connectivity index (χ1v) is 8.40. The lowest BCUT2D eigenvalue weighted by atomic mass is 10.3. The predicted molar refractivity (Wildman–Crippen MR) is 95.7 cm³/mol. The second-order valence-electron chi connectivity index (χ2n) is 5.27. The number of carbonyl (C=O) groups excluding carboxylic acids is 1. The van der Waals surface area contributed by atoms with Gasteiger partial charge in [-0.2, -0.15) is 0 Å². The molecule has 2 heterocycles. The van der Waals surface area contributed by atoms with Crippen LogP contribution in [0.25, 0.3) is 0 Å². The van der Waals surface area contributed by atoms with Gasteiger partial charge < -0.3 is 19.7 Å². The van der Waals surface area contributed by atoms with Crippen LogP contribution in [0.1, 0.15) is 0 Å². The molecule has 9 heteroatoms. The highest BCUT2D eigenvalue weighted by molar-refractivity contribution is 6.35. The van der Waals surface area contributed by atoms with Gasteiger partial charge in [0.25, 0.3) is 5.91 Å². The molecule has 1 aromatic heterocycles. The van der Waals surface area contributed by atoms with E-state index in [1.54, 1.807) is 24.3 Å². The van der Waals surface area contributed by atoms with Crippen LogP contribution in [0, 0.1) is 0 Å². The molecule has 0 saturated carbocycles. The molecular weight excluding hydrogens is 367 g/mol. The number of nitrogens with zero attached hydrogens (tertiary/aromatic N) is 3. The Labute approximate surface area is 154 Å². The Balaban J connectivity index is 1.57. The molecule has 132 valence electrons. The minimum absolute atomic E-state index is 0.196. The monoisotopic (exact) mass is 382 g/mol. The zero-order chi connectivity index (χ0) is 17.6. The average Bonchev–Trinajstić information content (AvgIpc) is 2.62. The zero-order valence-electron chi connectivity index (χ0n) is 13.2. The van der Waals surface area contributed by atoms with Crippen molar-refractivity contribution in [2.24, 2.45) is 0 Å². The van der Waals surface area contributed by atoms with Gasteiger partial charge in [-0.05, 0) is 18.2 Å². The number of anilines is 2. The summed E-state index contributed by atoms with van der Waals surface area (Å²) in [6.45, 7) is 2.62.